The lowest BCUT2D eigenvalue weighted by Gasteiger charge is -2.08. The quantitative estimate of drug-likeness (QED) is 0.350. The Bertz CT molecular complexity index is 868. The SMILES string of the molecule is COCCOC(=O)c1c(NC(=O)CSc2ccc(Cl)cc2)sc(C(N)=O)c1C. The van der Waals surface area contributed by atoms with Crippen LogP contribution in [0.4, 0.5) is 5.00 Å². The predicted octanol–water partition coefficient (Wildman–Crippen LogP) is 3.34. The second kappa shape index (κ2) is 10.5. The van der Waals surface area contributed by atoms with Gasteiger partial charge in [0.15, 0.2) is 0 Å². The van der Waals surface area contributed by atoms with E-state index in [1.807, 2.05) is 0 Å². The number of thiophene rings is 1. The van der Waals surface area contributed by atoms with Gasteiger partial charge in [-0.05, 0) is 36.8 Å². The molecule has 10 heteroatoms. The Morgan fingerprint density at radius 1 is 1.21 bits per heavy atom. The van der Waals surface area contributed by atoms with E-state index in [-0.39, 0.29) is 40.3 Å². The molecule has 28 heavy (non-hydrogen) atoms. The Kier molecular flexibility index (Phi) is 8.31. The molecule has 2 rings (SSSR count). The normalized spacial score (nSPS) is 10.5. The van der Waals surface area contributed by atoms with Crippen LogP contribution in [0.25, 0.3) is 0 Å². The zero-order chi connectivity index (χ0) is 20.7. The van der Waals surface area contributed by atoms with E-state index < -0.39 is 11.9 Å². The lowest BCUT2D eigenvalue weighted by Crippen LogP contribution is -2.17. The van der Waals surface area contributed by atoms with Crippen molar-refractivity contribution in [3.05, 3.63) is 45.3 Å². The smallest absolute Gasteiger partial charge is 0.341 e. The summed E-state index contributed by atoms with van der Waals surface area (Å²) in [5, 5.41) is 3.51. The average molecular weight is 443 g/mol. The van der Waals surface area contributed by atoms with Crippen molar-refractivity contribution in [1.82, 2.24) is 0 Å². The Balaban J connectivity index is 2.12. The molecule has 1 aromatic heterocycles. The van der Waals surface area contributed by atoms with E-state index in [0.29, 0.717) is 10.6 Å². The summed E-state index contributed by atoms with van der Waals surface area (Å²) in [6.45, 7) is 1.87. The fourth-order valence-electron chi connectivity index (χ4n) is 2.21. The standard InChI is InChI=1S/C18H19ClN2O5S2/c1-10-14(18(24)26-8-7-25-2)17(28-15(10)16(20)23)21-13(22)9-27-12-5-3-11(19)4-6-12/h3-6H,7-9H2,1-2H3,(H2,20,23)(H,21,22). The van der Waals surface area contributed by atoms with Crippen LogP contribution < -0.4 is 11.1 Å². The van der Waals surface area contributed by atoms with Gasteiger partial charge in [-0.25, -0.2) is 4.79 Å². The zero-order valence-corrected chi connectivity index (χ0v) is 17.6. The van der Waals surface area contributed by atoms with Crippen molar-refractivity contribution < 1.29 is 23.9 Å². The van der Waals surface area contributed by atoms with Crippen molar-refractivity contribution in [1.29, 1.82) is 0 Å². The first-order chi connectivity index (χ1) is 13.3. The number of methoxy groups -OCH3 is 1. The number of benzene rings is 1. The molecular weight excluding hydrogens is 424 g/mol. The maximum absolute atomic E-state index is 12.4. The van der Waals surface area contributed by atoms with Crippen molar-refractivity contribution in [2.75, 3.05) is 31.4 Å². The highest BCUT2D eigenvalue weighted by molar-refractivity contribution is 8.00. The molecule has 0 spiro atoms. The van der Waals surface area contributed by atoms with Gasteiger partial charge in [0, 0.05) is 17.0 Å². The first-order valence-electron chi connectivity index (χ1n) is 8.11. The van der Waals surface area contributed by atoms with Crippen LogP contribution in [0.3, 0.4) is 0 Å². The molecule has 1 aromatic carbocycles. The molecule has 150 valence electrons. The number of hydrogen-bond acceptors (Lipinski definition) is 7. The molecular formula is C18H19ClN2O5S2. The third-order valence-corrected chi connectivity index (χ3v) is 6.02. The van der Waals surface area contributed by atoms with E-state index in [1.54, 1.807) is 31.2 Å². The van der Waals surface area contributed by atoms with Crippen LogP contribution in [0.15, 0.2) is 29.2 Å². The molecule has 2 amide bonds. The summed E-state index contributed by atoms with van der Waals surface area (Å²) in [6, 6.07) is 7.08. The maximum atomic E-state index is 12.4. The number of rotatable bonds is 9. The summed E-state index contributed by atoms with van der Waals surface area (Å²) in [5.74, 6) is -1.55. The zero-order valence-electron chi connectivity index (χ0n) is 15.2. The molecule has 0 aliphatic heterocycles. The number of ether oxygens (including phenoxy) is 2. The molecule has 0 aliphatic rings. The van der Waals surface area contributed by atoms with Gasteiger partial charge in [0.05, 0.1) is 22.8 Å². The molecule has 0 unspecified atom stereocenters. The van der Waals surface area contributed by atoms with Crippen LogP contribution in [0.5, 0.6) is 0 Å². The lowest BCUT2D eigenvalue weighted by atomic mass is 10.1. The Morgan fingerprint density at radius 2 is 1.89 bits per heavy atom. The van der Waals surface area contributed by atoms with Gasteiger partial charge in [-0.2, -0.15) is 0 Å². The summed E-state index contributed by atoms with van der Waals surface area (Å²) >= 11 is 8.10. The number of nitrogens with one attached hydrogen (secondary N) is 1. The fraction of sp³-hybridized carbons (Fsp3) is 0.278. The molecule has 3 N–H and O–H groups in total. The highest BCUT2D eigenvalue weighted by Crippen LogP contribution is 2.34. The molecule has 0 radical (unpaired) electrons. The second-order valence-corrected chi connectivity index (χ2v) is 8.05. The summed E-state index contributed by atoms with van der Waals surface area (Å²) in [4.78, 5) is 37.4. The van der Waals surface area contributed by atoms with Crippen LogP contribution in [0.2, 0.25) is 5.02 Å². The summed E-state index contributed by atoms with van der Waals surface area (Å²) in [7, 11) is 1.48. The monoisotopic (exact) mass is 442 g/mol. The molecule has 0 saturated heterocycles. The minimum absolute atomic E-state index is 0.0519. The largest absolute Gasteiger partial charge is 0.460 e. The van der Waals surface area contributed by atoms with E-state index in [4.69, 9.17) is 26.8 Å². The molecule has 0 atom stereocenters. The number of halogens is 1. The molecule has 0 bridgehead atoms. The van der Waals surface area contributed by atoms with Crippen molar-refractivity contribution >= 4 is 57.5 Å². The first-order valence-corrected chi connectivity index (χ1v) is 10.3. The lowest BCUT2D eigenvalue weighted by molar-refractivity contribution is -0.113. The van der Waals surface area contributed by atoms with Crippen LogP contribution >= 0.6 is 34.7 Å². The van der Waals surface area contributed by atoms with E-state index in [1.165, 1.54) is 18.9 Å². The van der Waals surface area contributed by atoms with Crippen LogP contribution in [0, 0.1) is 6.92 Å². The number of amides is 2. The minimum Gasteiger partial charge on any atom is -0.460 e. The maximum Gasteiger partial charge on any atom is 0.341 e. The van der Waals surface area contributed by atoms with Gasteiger partial charge in [0.25, 0.3) is 5.91 Å². The molecule has 1 heterocycles. The minimum atomic E-state index is -0.676. The third kappa shape index (κ3) is 5.96. The van der Waals surface area contributed by atoms with Crippen molar-refractivity contribution in [2.24, 2.45) is 5.73 Å². The van der Waals surface area contributed by atoms with Crippen molar-refractivity contribution in [3.8, 4) is 0 Å². The summed E-state index contributed by atoms with van der Waals surface area (Å²) < 4.78 is 9.98. The molecule has 0 aliphatic carbocycles. The van der Waals surface area contributed by atoms with Crippen LogP contribution in [-0.2, 0) is 14.3 Å². The first kappa shape index (κ1) is 22.2. The van der Waals surface area contributed by atoms with Gasteiger partial charge in [-0.3, -0.25) is 9.59 Å². The number of carbonyl (C=O) groups is 3. The topological polar surface area (TPSA) is 108 Å². The molecule has 0 saturated carbocycles. The molecule has 7 nitrogen and oxygen atoms in total. The van der Waals surface area contributed by atoms with Gasteiger partial charge in [-0.1, -0.05) is 11.6 Å². The van der Waals surface area contributed by atoms with E-state index in [0.717, 1.165) is 16.2 Å². The van der Waals surface area contributed by atoms with Crippen LogP contribution in [-0.4, -0.2) is 43.9 Å². The Morgan fingerprint density at radius 3 is 2.50 bits per heavy atom. The number of anilines is 1. The number of primary amides is 1. The van der Waals surface area contributed by atoms with E-state index in [9.17, 15) is 14.4 Å². The number of carbonyl (C=O) groups excluding carboxylic acids is 3. The van der Waals surface area contributed by atoms with Crippen LogP contribution in [0.1, 0.15) is 25.6 Å². The van der Waals surface area contributed by atoms with Crippen molar-refractivity contribution in [2.45, 2.75) is 11.8 Å². The number of esters is 1. The van der Waals surface area contributed by atoms with Gasteiger partial charge < -0.3 is 20.5 Å². The summed E-state index contributed by atoms with van der Waals surface area (Å²) in [5.41, 5.74) is 5.87. The van der Waals surface area contributed by atoms with E-state index >= 15 is 0 Å². The van der Waals surface area contributed by atoms with Gasteiger partial charge >= 0.3 is 5.97 Å². The second-order valence-electron chi connectivity index (χ2n) is 5.54. The highest BCUT2D eigenvalue weighted by Gasteiger charge is 2.25. The predicted molar refractivity (Wildman–Crippen MR) is 111 cm³/mol. The number of hydrogen-bond donors (Lipinski definition) is 2. The van der Waals surface area contributed by atoms with Gasteiger partial charge in [0.1, 0.15) is 11.6 Å². The van der Waals surface area contributed by atoms with Gasteiger partial charge in [-0.15, -0.1) is 23.1 Å². The number of nitrogens with two attached hydrogens (primary N) is 1. The Hall–Kier alpha value is -2.07. The van der Waals surface area contributed by atoms with Crippen molar-refractivity contribution in [3.63, 3.8) is 0 Å². The fourth-order valence-corrected chi connectivity index (χ4v) is 4.10. The Labute approximate surface area is 175 Å². The summed E-state index contributed by atoms with van der Waals surface area (Å²) in [6.07, 6.45) is 0. The van der Waals surface area contributed by atoms with Gasteiger partial charge in [0.2, 0.25) is 5.91 Å². The third-order valence-electron chi connectivity index (χ3n) is 3.53. The molecule has 0 fully saturated rings. The highest BCUT2D eigenvalue weighted by atomic mass is 35.5. The number of thioether (sulfide) groups is 1. The van der Waals surface area contributed by atoms with E-state index in [2.05, 4.69) is 5.32 Å². The average Bonchev–Trinajstić information content (AvgIpc) is 2.97. The molecule has 2 aromatic rings.